The topological polar surface area (TPSA) is 98.2 Å². The largest absolute Gasteiger partial charge is 0.494 e. The zero-order valence-electron chi connectivity index (χ0n) is 23.1. The smallest absolute Gasteiger partial charge is 0.253 e. The van der Waals surface area contributed by atoms with Crippen molar-refractivity contribution in [2.75, 3.05) is 20.3 Å². The van der Waals surface area contributed by atoms with E-state index < -0.39 is 6.04 Å². The molecular formula is C31H34N6O3. The number of tetrazole rings is 1. The van der Waals surface area contributed by atoms with Crippen molar-refractivity contribution in [3.05, 3.63) is 117 Å². The molecule has 9 heteroatoms. The fourth-order valence-corrected chi connectivity index (χ4v) is 4.94. The van der Waals surface area contributed by atoms with Crippen LogP contribution in [0.15, 0.2) is 83.7 Å². The number of aromatic amines is 1. The lowest BCUT2D eigenvalue weighted by Gasteiger charge is -2.31. The average molecular weight is 539 g/mol. The third-order valence-electron chi connectivity index (χ3n) is 6.85. The summed E-state index contributed by atoms with van der Waals surface area (Å²) in [6, 6.07) is 25.7. The van der Waals surface area contributed by atoms with E-state index >= 15 is 0 Å². The molecule has 0 radical (unpaired) electrons. The highest BCUT2D eigenvalue weighted by Gasteiger charge is 2.31. The van der Waals surface area contributed by atoms with Crippen LogP contribution in [0.1, 0.15) is 41.0 Å². The van der Waals surface area contributed by atoms with Gasteiger partial charge in [-0.3, -0.25) is 9.69 Å². The van der Waals surface area contributed by atoms with Crippen LogP contribution in [-0.2, 0) is 24.4 Å². The second-order valence-corrected chi connectivity index (χ2v) is 9.77. The summed E-state index contributed by atoms with van der Waals surface area (Å²) < 4.78 is 12.7. The van der Waals surface area contributed by atoms with Crippen molar-refractivity contribution in [2.24, 2.45) is 0 Å². The van der Waals surface area contributed by atoms with Gasteiger partial charge in [0.25, 0.3) is 5.56 Å². The van der Waals surface area contributed by atoms with Crippen molar-refractivity contribution in [2.45, 2.75) is 39.5 Å². The van der Waals surface area contributed by atoms with Gasteiger partial charge in [0, 0.05) is 31.3 Å². The molecule has 0 spiro atoms. The van der Waals surface area contributed by atoms with Gasteiger partial charge < -0.3 is 14.5 Å². The standard InChI is InChI=1S/C31H34N6O3/c1-4-40-26-13-11-24(12-14-26)21-36(20-23-8-6-5-7-9-23)29(30-33-34-35-37(30)16-17-39-3)27-19-25-18-22(2)10-15-28(25)32-31(27)38/h5-15,18-19,29H,4,16-17,20-21H2,1-3H3,(H,32,38)/t29-/m1/s1. The number of aromatic nitrogens is 5. The first kappa shape index (κ1) is 27.2. The summed E-state index contributed by atoms with van der Waals surface area (Å²) in [5, 5.41) is 13.7. The van der Waals surface area contributed by atoms with Gasteiger partial charge in [-0.2, -0.15) is 0 Å². The van der Waals surface area contributed by atoms with E-state index in [1.807, 2.05) is 62.4 Å². The molecule has 5 aromatic rings. The van der Waals surface area contributed by atoms with Crippen LogP contribution in [0.2, 0.25) is 0 Å². The van der Waals surface area contributed by atoms with Gasteiger partial charge in [0.15, 0.2) is 5.82 Å². The number of fused-ring (bicyclic) bond motifs is 1. The molecule has 2 heterocycles. The van der Waals surface area contributed by atoms with Crippen molar-refractivity contribution in [1.82, 2.24) is 30.1 Å². The lowest BCUT2D eigenvalue weighted by Crippen LogP contribution is -2.35. The van der Waals surface area contributed by atoms with Gasteiger partial charge in [-0.15, -0.1) is 5.10 Å². The molecule has 0 saturated heterocycles. The summed E-state index contributed by atoms with van der Waals surface area (Å²) in [6.07, 6.45) is 0. The molecule has 0 aliphatic carbocycles. The number of rotatable bonds is 12. The minimum absolute atomic E-state index is 0.174. The number of methoxy groups -OCH3 is 1. The van der Waals surface area contributed by atoms with Crippen molar-refractivity contribution in [1.29, 1.82) is 0 Å². The van der Waals surface area contributed by atoms with Crippen LogP contribution in [0.3, 0.4) is 0 Å². The summed E-state index contributed by atoms with van der Waals surface area (Å²) in [7, 11) is 1.64. The molecule has 0 saturated carbocycles. The van der Waals surface area contributed by atoms with Gasteiger partial charge >= 0.3 is 0 Å². The highest BCUT2D eigenvalue weighted by molar-refractivity contribution is 5.79. The fourth-order valence-electron chi connectivity index (χ4n) is 4.94. The van der Waals surface area contributed by atoms with Crippen LogP contribution in [0.4, 0.5) is 0 Å². The quantitative estimate of drug-likeness (QED) is 0.247. The van der Waals surface area contributed by atoms with E-state index in [2.05, 4.69) is 55.7 Å². The number of hydrogen-bond donors (Lipinski definition) is 1. The maximum absolute atomic E-state index is 13.7. The van der Waals surface area contributed by atoms with Crippen LogP contribution in [-0.4, -0.2) is 50.4 Å². The van der Waals surface area contributed by atoms with Gasteiger partial charge in [-0.05, 0) is 71.1 Å². The van der Waals surface area contributed by atoms with Crippen LogP contribution in [0.25, 0.3) is 10.9 Å². The maximum atomic E-state index is 13.7. The molecule has 3 aromatic carbocycles. The molecule has 40 heavy (non-hydrogen) atoms. The Morgan fingerprint density at radius 3 is 2.45 bits per heavy atom. The highest BCUT2D eigenvalue weighted by atomic mass is 16.5. The predicted molar refractivity (Wildman–Crippen MR) is 154 cm³/mol. The molecule has 1 N–H and O–H groups in total. The number of nitrogens with one attached hydrogen (secondary N) is 1. The number of nitrogens with zero attached hydrogens (tertiary/aromatic N) is 5. The molecule has 5 rings (SSSR count). The Kier molecular flexibility index (Phi) is 8.63. The first-order valence-electron chi connectivity index (χ1n) is 13.4. The van der Waals surface area contributed by atoms with Crippen molar-refractivity contribution in [3.63, 3.8) is 0 Å². The van der Waals surface area contributed by atoms with Crippen molar-refractivity contribution < 1.29 is 9.47 Å². The molecule has 0 amide bonds. The Balaban J connectivity index is 1.66. The third-order valence-corrected chi connectivity index (χ3v) is 6.85. The Morgan fingerprint density at radius 2 is 1.73 bits per heavy atom. The lowest BCUT2D eigenvalue weighted by atomic mass is 10.0. The van der Waals surface area contributed by atoms with Crippen LogP contribution >= 0.6 is 0 Å². The zero-order chi connectivity index (χ0) is 27.9. The molecule has 206 valence electrons. The highest BCUT2D eigenvalue weighted by Crippen LogP contribution is 2.30. The zero-order valence-corrected chi connectivity index (χ0v) is 23.1. The number of pyridine rings is 1. The molecule has 0 aliphatic heterocycles. The molecule has 0 fully saturated rings. The number of H-pyrrole nitrogens is 1. The SMILES string of the molecule is CCOc1ccc(CN(Cc2ccccc2)[C@H](c2cc3cc(C)ccc3[nH]c2=O)c2nnnn2CCOC)cc1. The Labute approximate surface area is 233 Å². The molecule has 0 unspecified atom stereocenters. The number of ether oxygens (including phenoxy) is 2. The third kappa shape index (κ3) is 6.27. The van der Waals surface area contributed by atoms with Gasteiger partial charge in [-0.25, -0.2) is 4.68 Å². The van der Waals surface area contributed by atoms with Crippen LogP contribution in [0, 0.1) is 6.92 Å². The average Bonchev–Trinajstić information content (AvgIpc) is 3.42. The van der Waals surface area contributed by atoms with Crippen LogP contribution < -0.4 is 10.3 Å². The maximum Gasteiger partial charge on any atom is 0.253 e. The molecule has 0 bridgehead atoms. The van der Waals surface area contributed by atoms with E-state index in [1.165, 1.54) is 0 Å². The summed E-state index contributed by atoms with van der Waals surface area (Å²) in [5.74, 6) is 1.40. The molecule has 1 atom stereocenters. The van der Waals surface area contributed by atoms with E-state index in [1.54, 1.807) is 11.8 Å². The van der Waals surface area contributed by atoms with E-state index in [0.29, 0.717) is 44.2 Å². The summed E-state index contributed by atoms with van der Waals surface area (Å²) in [4.78, 5) is 19.0. The Bertz CT molecular complexity index is 1600. The van der Waals surface area contributed by atoms with E-state index in [9.17, 15) is 4.79 Å². The monoisotopic (exact) mass is 538 g/mol. The minimum Gasteiger partial charge on any atom is -0.494 e. The summed E-state index contributed by atoms with van der Waals surface area (Å²) in [5.41, 5.74) is 4.50. The Morgan fingerprint density at radius 1 is 0.975 bits per heavy atom. The normalized spacial score (nSPS) is 12.2. The fraction of sp³-hybridized carbons (Fsp3) is 0.290. The first-order chi connectivity index (χ1) is 19.6. The number of hydrogen-bond acceptors (Lipinski definition) is 7. The van der Waals surface area contributed by atoms with Crippen LogP contribution in [0.5, 0.6) is 5.75 Å². The van der Waals surface area contributed by atoms with E-state index in [-0.39, 0.29) is 5.56 Å². The predicted octanol–water partition coefficient (Wildman–Crippen LogP) is 4.66. The molecular weight excluding hydrogens is 504 g/mol. The second kappa shape index (κ2) is 12.7. The molecule has 9 nitrogen and oxygen atoms in total. The summed E-state index contributed by atoms with van der Waals surface area (Å²) in [6.45, 7) is 6.64. The van der Waals surface area contributed by atoms with Gasteiger partial charge in [0.2, 0.25) is 0 Å². The lowest BCUT2D eigenvalue weighted by molar-refractivity contribution is 0.169. The molecule has 2 aromatic heterocycles. The van der Waals surface area contributed by atoms with Gasteiger partial charge in [-0.1, -0.05) is 54.1 Å². The molecule has 0 aliphatic rings. The number of aryl methyl sites for hydroxylation is 1. The number of benzene rings is 3. The van der Waals surface area contributed by atoms with Crippen molar-refractivity contribution >= 4 is 10.9 Å². The Hall–Kier alpha value is -4.34. The van der Waals surface area contributed by atoms with E-state index in [4.69, 9.17) is 9.47 Å². The van der Waals surface area contributed by atoms with Gasteiger partial charge in [0.1, 0.15) is 11.8 Å². The first-order valence-corrected chi connectivity index (χ1v) is 13.4. The van der Waals surface area contributed by atoms with Gasteiger partial charge in [0.05, 0.1) is 19.8 Å². The van der Waals surface area contributed by atoms with Crippen molar-refractivity contribution in [3.8, 4) is 5.75 Å². The van der Waals surface area contributed by atoms with E-state index in [0.717, 1.165) is 33.3 Å². The minimum atomic E-state index is -0.535. The summed E-state index contributed by atoms with van der Waals surface area (Å²) >= 11 is 0. The second-order valence-electron chi connectivity index (χ2n) is 9.77.